The number of carbonyl (C=O) groups excluding carboxylic acids is 2. The zero-order chi connectivity index (χ0) is 33.9. The predicted molar refractivity (Wildman–Crippen MR) is 168 cm³/mol. The maximum Gasteiger partial charge on any atom is 0.417 e. The quantitative estimate of drug-likeness (QED) is 0.241. The largest absolute Gasteiger partial charge is 0.417 e. The second-order valence-electron chi connectivity index (χ2n) is 12.3. The smallest absolute Gasteiger partial charge is 0.374 e. The number of nitrogens with one attached hydrogen (secondary N) is 1. The van der Waals surface area contributed by atoms with Gasteiger partial charge in [0.05, 0.1) is 23.0 Å². The van der Waals surface area contributed by atoms with Crippen LogP contribution >= 0.6 is 0 Å². The molecule has 0 bridgehead atoms. The van der Waals surface area contributed by atoms with Crippen LogP contribution in [-0.2, 0) is 20.5 Å². The van der Waals surface area contributed by atoms with Gasteiger partial charge in [0.15, 0.2) is 0 Å². The van der Waals surface area contributed by atoms with Crippen LogP contribution < -0.4 is 15.1 Å². The van der Waals surface area contributed by atoms with E-state index < -0.39 is 35.1 Å². The monoisotopic (exact) mass is 657 g/mol. The van der Waals surface area contributed by atoms with Crippen molar-refractivity contribution in [2.75, 3.05) is 68.5 Å². The van der Waals surface area contributed by atoms with E-state index in [-0.39, 0.29) is 42.2 Å². The van der Waals surface area contributed by atoms with E-state index in [0.717, 1.165) is 25.5 Å². The Balaban J connectivity index is 1.22. The second-order valence-corrected chi connectivity index (χ2v) is 12.3. The van der Waals surface area contributed by atoms with E-state index in [4.69, 9.17) is 4.74 Å². The SMILES string of the molecule is Cc1cc(C(F)(F)F)c(C#N)c(N[C@H]2CCN(CCCOC3CN(C(=O)/C=C/[C@@H]4CCCN4C)C3)c3c(F)cccc3N(C)C2=O)n1. The standard InChI is InChI=1S/C33H39F4N7O3/c1-21-17-25(33(35,36)37)24(18-38)31(39-21)40-27-12-15-43(30-26(34)8-4-9-28(30)42(3)32(27)46)14-6-16-47-23-19-44(20-23)29(45)11-10-22-7-5-13-41(22)2/h4,8-11,17,22-23,27H,5-7,12-16,19-20H2,1-3H3,(H,39,40)/b11-10+/t22-,27-/m0/s1. The number of carbonyl (C=O) groups is 2. The molecule has 2 atom stereocenters. The lowest BCUT2D eigenvalue weighted by Gasteiger charge is -2.39. The molecule has 2 amide bonds. The molecular weight excluding hydrogens is 618 g/mol. The van der Waals surface area contributed by atoms with Gasteiger partial charge in [-0.15, -0.1) is 0 Å². The molecule has 2 aromatic rings. The van der Waals surface area contributed by atoms with Crippen molar-refractivity contribution in [3.63, 3.8) is 0 Å². The summed E-state index contributed by atoms with van der Waals surface area (Å²) in [5.41, 5.74) is -1.25. The molecule has 4 heterocycles. The van der Waals surface area contributed by atoms with Crippen LogP contribution in [0, 0.1) is 24.1 Å². The first-order chi connectivity index (χ1) is 22.4. The molecule has 5 rings (SSSR count). The summed E-state index contributed by atoms with van der Waals surface area (Å²) in [6.45, 7) is 4.34. The molecule has 10 nitrogen and oxygen atoms in total. The highest BCUT2D eigenvalue weighted by Gasteiger charge is 2.37. The van der Waals surface area contributed by atoms with Gasteiger partial charge in [0.1, 0.15) is 29.3 Å². The Kier molecular flexibility index (Phi) is 10.4. The van der Waals surface area contributed by atoms with Crippen molar-refractivity contribution < 1.29 is 31.9 Å². The van der Waals surface area contributed by atoms with Crippen LogP contribution in [0.5, 0.6) is 0 Å². The van der Waals surface area contributed by atoms with Crippen LogP contribution in [0.25, 0.3) is 0 Å². The second kappa shape index (κ2) is 14.3. The summed E-state index contributed by atoms with van der Waals surface area (Å²) in [5.74, 6) is -1.38. The number of hydrogen-bond donors (Lipinski definition) is 1. The van der Waals surface area contributed by atoms with Crippen LogP contribution in [0.15, 0.2) is 36.4 Å². The Hall–Kier alpha value is -4.22. The van der Waals surface area contributed by atoms with Crippen molar-refractivity contribution in [1.82, 2.24) is 14.8 Å². The fraction of sp³-hybridized carbons (Fsp3) is 0.515. The number of amides is 2. The molecule has 0 saturated carbocycles. The third-order valence-corrected chi connectivity index (χ3v) is 8.96. The minimum atomic E-state index is -4.79. The van der Waals surface area contributed by atoms with Gasteiger partial charge >= 0.3 is 6.18 Å². The minimum Gasteiger partial charge on any atom is -0.374 e. The van der Waals surface area contributed by atoms with Gasteiger partial charge in [0, 0.05) is 57.6 Å². The number of fused-ring (bicyclic) bond motifs is 1. The number of pyridine rings is 1. The Morgan fingerprint density at radius 3 is 2.66 bits per heavy atom. The summed E-state index contributed by atoms with van der Waals surface area (Å²) in [7, 11) is 3.53. The van der Waals surface area contributed by atoms with Crippen molar-refractivity contribution in [2.24, 2.45) is 0 Å². The number of anilines is 3. The molecule has 252 valence electrons. The first kappa shape index (κ1) is 34.1. The summed E-state index contributed by atoms with van der Waals surface area (Å²) in [6, 6.07) is 6.04. The number of nitrogens with zero attached hydrogens (tertiary/aromatic N) is 6. The lowest BCUT2D eigenvalue weighted by atomic mass is 10.0. The van der Waals surface area contributed by atoms with Crippen molar-refractivity contribution in [2.45, 2.75) is 57.0 Å². The molecule has 1 N–H and O–H groups in total. The van der Waals surface area contributed by atoms with Crippen LogP contribution in [0.3, 0.4) is 0 Å². The molecule has 3 aliphatic rings. The molecule has 14 heteroatoms. The van der Waals surface area contributed by atoms with E-state index in [0.29, 0.717) is 44.4 Å². The Bertz CT molecular complexity index is 1550. The number of alkyl halides is 3. The Morgan fingerprint density at radius 1 is 1.21 bits per heavy atom. The molecule has 47 heavy (non-hydrogen) atoms. The van der Waals surface area contributed by atoms with E-state index >= 15 is 4.39 Å². The zero-order valence-corrected chi connectivity index (χ0v) is 26.7. The summed E-state index contributed by atoms with van der Waals surface area (Å²) in [4.78, 5) is 37.2. The highest BCUT2D eigenvalue weighted by Crippen LogP contribution is 2.37. The Labute approximate surface area is 271 Å². The van der Waals surface area contributed by atoms with Gasteiger partial charge in [-0.3, -0.25) is 14.5 Å². The van der Waals surface area contributed by atoms with Gasteiger partial charge in [-0.05, 0) is 64.4 Å². The van der Waals surface area contributed by atoms with Gasteiger partial charge in [-0.25, -0.2) is 9.37 Å². The number of halogens is 4. The number of nitriles is 1. The van der Waals surface area contributed by atoms with E-state index in [1.807, 2.05) is 6.08 Å². The summed E-state index contributed by atoms with van der Waals surface area (Å²) in [6.07, 6.45) is 1.53. The number of aromatic nitrogens is 1. The number of aryl methyl sites for hydroxylation is 1. The van der Waals surface area contributed by atoms with E-state index in [1.165, 1.54) is 31.0 Å². The third-order valence-electron chi connectivity index (χ3n) is 8.96. The van der Waals surface area contributed by atoms with Crippen molar-refractivity contribution in [1.29, 1.82) is 5.26 Å². The third kappa shape index (κ3) is 7.68. The van der Waals surface area contributed by atoms with Crippen LogP contribution in [0.1, 0.15) is 42.5 Å². The maximum absolute atomic E-state index is 15.3. The number of ether oxygens (including phenoxy) is 1. The molecule has 1 aromatic carbocycles. The topological polar surface area (TPSA) is 105 Å². The maximum atomic E-state index is 15.3. The molecule has 3 aliphatic heterocycles. The molecule has 2 fully saturated rings. The first-order valence-electron chi connectivity index (χ1n) is 15.7. The van der Waals surface area contributed by atoms with E-state index in [9.17, 15) is 28.0 Å². The van der Waals surface area contributed by atoms with Gasteiger partial charge in [-0.2, -0.15) is 18.4 Å². The minimum absolute atomic E-state index is 0.0305. The zero-order valence-electron chi connectivity index (χ0n) is 26.7. The van der Waals surface area contributed by atoms with Crippen molar-refractivity contribution >= 4 is 29.0 Å². The van der Waals surface area contributed by atoms with Gasteiger partial charge in [-0.1, -0.05) is 12.1 Å². The van der Waals surface area contributed by atoms with Crippen LogP contribution in [-0.4, -0.2) is 98.2 Å². The molecule has 0 aliphatic carbocycles. The molecular formula is C33H39F4N7O3. The van der Waals surface area contributed by atoms with Crippen LogP contribution in [0.2, 0.25) is 0 Å². The van der Waals surface area contributed by atoms with Gasteiger partial charge in [0.25, 0.3) is 0 Å². The lowest BCUT2D eigenvalue weighted by molar-refractivity contribution is -0.139. The highest BCUT2D eigenvalue weighted by molar-refractivity contribution is 6.01. The molecule has 0 radical (unpaired) electrons. The number of para-hydroxylation sites is 1. The van der Waals surface area contributed by atoms with E-state index in [1.54, 1.807) is 28.0 Å². The number of benzene rings is 1. The normalized spacial score (nSPS) is 21.0. The molecule has 2 saturated heterocycles. The van der Waals surface area contributed by atoms with Gasteiger partial charge in [0.2, 0.25) is 11.8 Å². The fourth-order valence-electron chi connectivity index (χ4n) is 6.30. The number of hydrogen-bond acceptors (Lipinski definition) is 8. The lowest BCUT2D eigenvalue weighted by Crippen LogP contribution is -2.54. The molecule has 0 spiro atoms. The number of likely N-dealkylation sites (tertiary alicyclic amines) is 2. The Morgan fingerprint density at radius 2 is 1.98 bits per heavy atom. The van der Waals surface area contributed by atoms with Crippen molar-refractivity contribution in [3.8, 4) is 6.07 Å². The van der Waals surface area contributed by atoms with Crippen LogP contribution in [0.4, 0.5) is 34.8 Å². The summed E-state index contributed by atoms with van der Waals surface area (Å²) >= 11 is 0. The average Bonchev–Trinajstić information content (AvgIpc) is 3.42. The fourth-order valence-corrected chi connectivity index (χ4v) is 6.30. The van der Waals surface area contributed by atoms with E-state index in [2.05, 4.69) is 22.2 Å². The molecule has 0 unspecified atom stereocenters. The number of likely N-dealkylation sites (N-methyl/N-ethyl adjacent to an activating group) is 2. The van der Waals surface area contributed by atoms with Gasteiger partial charge < -0.3 is 24.8 Å². The summed E-state index contributed by atoms with van der Waals surface area (Å²) in [5, 5.41) is 12.4. The molecule has 1 aromatic heterocycles. The predicted octanol–water partition coefficient (Wildman–Crippen LogP) is 4.34. The average molecular weight is 658 g/mol. The van der Waals surface area contributed by atoms with Crippen molar-refractivity contribution in [3.05, 3.63) is 59.1 Å². The first-order valence-corrected chi connectivity index (χ1v) is 15.7. The summed E-state index contributed by atoms with van der Waals surface area (Å²) < 4.78 is 62.3. The number of rotatable bonds is 9. The highest BCUT2D eigenvalue weighted by atomic mass is 19.4.